The maximum absolute atomic E-state index is 11.2. The van der Waals surface area contributed by atoms with Crippen LogP contribution in [-0.2, 0) is 21.4 Å². The van der Waals surface area contributed by atoms with Crippen molar-refractivity contribution in [1.29, 1.82) is 0 Å². The van der Waals surface area contributed by atoms with Crippen molar-refractivity contribution in [3.8, 4) is 0 Å². The van der Waals surface area contributed by atoms with Crippen LogP contribution >= 0.6 is 0 Å². The van der Waals surface area contributed by atoms with Crippen molar-refractivity contribution in [1.82, 2.24) is 4.72 Å². The Morgan fingerprint density at radius 2 is 1.88 bits per heavy atom. The van der Waals surface area contributed by atoms with Gasteiger partial charge in [0.1, 0.15) is 0 Å². The minimum Gasteiger partial charge on any atom is -0.480 e. The Kier molecular flexibility index (Phi) is 3.86. The summed E-state index contributed by atoms with van der Waals surface area (Å²) >= 11 is 0. The summed E-state index contributed by atoms with van der Waals surface area (Å²) in [5.74, 6) is -2.31. The molecule has 0 aliphatic carbocycles. The summed E-state index contributed by atoms with van der Waals surface area (Å²) in [5.41, 5.74) is 6.75. The van der Waals surface area contributed by atoms with E-state index in [-0.39, 0.29) is 6.54 Å². The van der Waals surface area contributed by atoms with Crippen molar-refractivity contribution < 1.29 is 18.3 Å². The number of nitrogen functional groups attached to an aromatic ring is 1. The number of aliphatic carboxylic acids is 1. The zero-order chi connectivity index (χ0) is 12.2. The molecule has 6 nitrogen and oxygen atoms in total. The fourth-order valence-corrected chi connectivity index (χ4v) is 1.86. The number of nitrogens with one attached hydrogen (secondary N) is 1. The smallest absolute Gasteiger partial charge is 0.320 e. The van der Waals surface area contributed by atoms with Crippen LogP contribution in [0, 0.1) is 0 Å². The van der Waals surface area contributed by atoms with Gasteiger partial charge in [-0.2, -0.15) is 0 Å². The van der Waals surface area contributed by atoms with Gasteiger partial charge in [0.15, 0.2) is 5.75 Å². The number of carbonyl (C=O) groups is 1. The van der Waals surface area contributed by atoms with Gasteiger partial charge in [-0.25, -0.2) is 13.1 Å². The zero-order valence-corrected chi connectivity index (χ0v) is 9.20. The summed E-state index contributed by atoms with van der Waals surface area (Å²) in [5, 5.41) is 8.35. The van der Waals surface area contributed by atoms with E-state index in [1.54, 1.807) is 24.3 Å². The summed E-state index contributed by atoms with van der Waals surface area (Å²) < 4.78 is 24.5. The SMILES string of the molecule is Nc1ccc(CNS(=O)(=O)CC(=O)O)cc1. The van der Waals surface area contributed by atoms with E-state index in [1.165, 1.54) is 0 Å². The third-order valence-corrected chi connectivity index (χ3v) is 3.00. The summed E-state index contributed by atoms with van der Waals surface area (Å²) in [7, 11) is -3.77. The lowest BCUT2D eigenvalue weighted by Crippen LogP contribution is -2.29. The third kappa shape index (κ3) is 4.28. The highest BCUT2D eigenvalue weighted by Crippen LogP contribution is 2.05. The summed E-state index contributed by atoms with van der Waals surface area (Å²) in [4.78, 5) is 10.2. The van der Waals surface area contributed by atoms with Crippen LogP contribution in [0.1, 0.15) is 5.56 Å². The van der Waals surface area contributed by atoms with Gasteiger partial charge < -0.3 is 10.8 Å². The highest BCUT2D eigenvalue weighted by atomic mass is 32.2. The van der Waals surface area contributed by atoms with E-state index in [4.69, 9.17) is 10.8 Å². The van der Waals surface area contributed by atoms with Crippen molar-refractivity contribution in [2.75, 3.05) is 11.5 Å². The van der Waals surface area contributed by atoms with Crippen LogP contribution in [0.4, 0.5) is 5.69 Å². The Hall–Kier alpha value is -1.60. The fraction of sp³-hybridized carbons (Fsp3) is 0.222. The number of benzene rings is 1. The summed E-state index contributed by atoms with van der Waals surface area (Å²) in [6.07, 6.45) is 0. The molecule has 0 atom stereocenters. The maximum atomic E-state index is 11.2. The molecule has 0 unspecified atom stereocenters. The molecule has 0 bridgehead atoms. The molecule has 7 heteroatoms. The topological polar surface area (TPSA) is 109 Å². The van der Waals surface area contributed by atoms with E-state index in [0.717, 1.165) is 0 Å². The third-order valence-electron chi connectivity index (χ3n) is 1.79. The van der Waals surface area contributed by atoms with Crippen molar-refractivity contribution in [3.63, 3.8) is 0 Å². The molecule has 16 heavy (non-hydrogen) atoms. The van der Waals surface area contributed by atoms with Crippen LogP contribution in [0.25, 0.3) is 0 Å². The minimum atomic E-state index is -3.77. The van der Waals surface area contributed by atoms with Crippen LogP contribution in [0.5, 0.6) is 0 Å². The normalized spacial score (nSPS) is 11.2. The molecule has 4 N–H and O–H groups in total. The van der Waals surface area contributed by atoms with E-state index in [9.17, 15) is 13.2 Å². The zero-order valence-electron chi connectivity index (χ0n) is 8.38. The molecular weight excluding hydrogens is 232 g/mol. The highest BCUT2D eigenvalue weighted by molar-refractivity contribution is 7.90. The molecule has 1 rings (SSSR count). The molecule has 0 saturated heterocycles. The standard InChI is InChI=1S/C9H12N2O4S/c10-8-3-1-7(2-4-8)5-11-16(14,15)6-9(12)13/h1-4,11H,5-6,10H2,(H,12,13). The molecule has 88 valence electrons. The van der Waals surface area contributed by atoms with Crippen LogP contribution in [-0.4, -0.2) is 25.2 Å². The van der Waals surface area contributed by atoms with Crippen LogP contribution in [0.3, 0.4) is 0 Å². The fourth-order valence-electron chi connectivity index (χ4n) is 1.04. The second-order valence-electron chi connectivity index (χ2n) is 3.22. The molecule has 0 amide bonds. The van der Waals surface area contributed by atoms with E-state index in [1.807, 2.05) is 0 Å². The van der Waals surface area contributed by atoms with Gasteiger partial charge in [0, 0.05) is 12.2 Å². The van der Waals surface area contributed by atoms with Gasteiger partial charge in [-0.1, -0.05) is 12.1 Å². The Balaban J connectivity index is 2.58. The van der Waals surface area contributed by atoms with Gasteiger partial charge in [-0.15, -0.1) is 0 Å². The number of hydrogen-bond donors (Lipinski definition) is 3. The Morgan fingerprint density at radius 1 is 1.31 bits per heavy atom. The molecule has 1 aromatic rings. The van der Waals surface area contributed by atoms with Crippen molar-refractivity contribution in [2.45, 2.75) is 6.54 Å². The largest absolute Gasteiger partial charge is 0.480 e. The quantitative estimate of drug-likeness (QED) is 0.620. The first-order valence-corrected chi connectivity index (χ1v) is 6.08. The Labute approximate surface area is 93.1 Å². The number of hydrogen-bond acceptors (Lipinski definition) is 4. The van der Waals surface area contributed by atoms with Gasteiger partial charge in [0.2, 0.25) is 10.0 Å². The van der Waals surface area contributed by atoms with Crippen LogP contribution in [0.15, 0.2) is 24.3 Å². The first-order valence-electron chi connectivity index (χ1n) is 4.42. The Bertz CT molecular complexity index is 467. The molecule has 0 fully saturated rings. The maximum Gasteiger partial charge on any atom is 0.320 e. The molecular formula is C9H12N2O4S. The van der Waals surface area contributed by atoms with Gasteiger partial charge >= 0.3 is 5.97 Å². The van der Waals surface area contributed by atoms with Crippen LogP contribution in [0.2, 0.25) is 0 Å². The average Bonchev–Trinajstić information content (AvgIpc) is 2.15. The van der Waals surface area contributed by atoms with Crippen molar-refractivity contribution in [3.05, 3.63) is 29.8 Å². The lowest BCUT2D eigenvalue weighted by atomic mass is 10.2. The molecule has 0 saturated carbocycles. The molecule has 0 radical (unpaired) electrons. The lowest BCUT2D eigenvalue weighted by Gasteiger charge is -2.04. The summed E-state index contributed by atoms with van der Waals surface area (Å²) in [6.45, 7) is 0.0515. The lowest BCUT2D eigenvalue weighted by molar-refractivity contribution is -0.134. The monoisotopic (exact) mass is 244 g/mol. The van der Waals surface area contributed by atoms with Gasteiger partial charge in [0.05, 0.1) is 0 Å². The predicted octanol–water partition coefficient (Wildman–Crippen LogP) is -0.227. The molecule has 0 aliphatic heterocycles. The van der Waals surface area contributed by atoms with Crippen molar-refractivity contribution in [2.24, 2.45) is 0 Å². The first kappa shape index (κ1) is 12.5. The van der Waals surface area contributed by atoms with E-state index >= 15 is 0 Å². The molecule has 0 heterocycles. The minimum absolute atomic E-state index is 0.0515. The molecule has 0 spiro atoms. The number of carboxylic acid groups (broad SMARTS) is 1. The first-order chi connectivity index (χ1) is 7.39. The predicted molar refractivity (Wildman–Crippen MR) is 59.1 cm³/mol. The van der Waals surface area contributed by atoms with Gasteiger partial charge in [-0.05, 0) is 17.7 Å². The molecule has 1 aromatic carbocycles. The molecule has 0 aromatic heterocycles. The van der Waals surface area contributed by atoms with Gasteiger partial charge in [-0.3, -0.25) is 4.79 Å². The average molecular weight is 244 g/mol. The summed E-state index contributed by atoms with van der Waals surface area (Å²) in [6, 6.07) is 6.61. The van der Waals surface area contributed by atoms with E-state index in [0.29, 0.717) is 11.3 Å². The van der Waals surface area contributed by atoms with Crippen LogP contribution < -0.4 is 10.5 Å². The number of anilines is 1. The van der Waals surface area contributed by atoms with E-state index in [2.05, 4.69) is 4.72 Å². The highest BCUT2D eigenvalue weighted by Gasteiger charge is 2.14. The second-order valence-corrected chi connectivity index (χ2v) is 5.02. The number of carboxylic acids is 1. The number of sulfonamides is 1. The Morgan fingerprint density at radius 3 is 2.38 bits per heavy atom. The van der Waals surface area contributed by atoms with Gasteiger partial charge in [0.25, 0.3) is 0 Å². The molecule has 0 aliphatic rings. The van der Waals surface area contributed by atoms with Crippen molar-refractivity contribution >= 4 is 21.7 Å². The number of rotatable bonds is 5. The second kappa shape index (κ2) is 4.95. The number of nitrogens with two attached hydrogens (primary N) is 1. The van der Waals surface area contributed by atoms with E-state index < -0.39 is 21.7 Å².